The van der Waals surface area contributed by atoms with Crippen LogP contribution >= 0.6 is 0 Å². The average molecular weight is 1250 g/mol. The van der Waals surface area contributed by atoms with Crippen molar-refractivity contribution in [3.63, 3.8) is 0 Å². The third kappa shape index (κ3) is 15.6. The predicted octanol–water partition coefficient (Wildman–Crippen LogP) is 8.81. The second-order valence-electron chi connectivity index (χ2n) is 21.0. The molecule has 0 atom stereocenters. The van der Waals surface area contributed by atoms with Crippen molar-refractivity contribution in [1.29, 1.82) is 0 Å². The second-order valence-corrected chi connectivity index (χ2v) is 21.0. The van der Waals surface area contributed by atoms with E-state index in [0.717, 1.165) is 46.8 Å². The molecule has 6 amide bonds. The van der Waals surface area contributed by atoms with E-state index in [1.165, 1.54) is 18.2 Å². The summed E-state index contributed by atoms with van der Waals surface area (Å²) < 4.78 is 14.2. The number of ether oxygens (including phenoxy) is 2. The molecule has 1 saturated carbocycles. The predicted molar refractivity (Wildman–Crippen MR) is 351 cm³/mol. The summed E-state index contributed by atoms with van der Waals surface area (Å²) in [6.45, 7) is 12.4. The quantitative estimate of drug-likeness (QED) is 0.0223. The van der Waals surface area contributed by atoms with E-state index >= 15 is 0 Å². The van der Waals surface area contributed by atoms with Crippen molar-refractivity contribution in [2.75, 3.05) is 62.9 Å². The monoisotopic (exact) mass is 1250 g/mol. The number of aryl methyl sites for hydroxylation is 1. The Labute approximate surface area is 531 Å². The Kier molecular flexibility index (Phi) is 18.9. The Morgan fingerprint density at radius 1 is 0.548 bits per heavy atom. The van der Waals surface area contributed by atoms with Crippen molar-refractivity contribution in [2.24, 2.45) is 7.05 Å². The number of nitrogens with zero attached hydrogens (tertiary/aromatic N) is 9. The number of anilines is 13. The van der Waals surface area contributed by atoms with Crippen molar-refractivity contribution >= 4 is 110 Å². The minimum absolute atomic E-state index is 0.176. The summed E-state index contributed by atoms with van der Waals surface area (Å²) in [7, 11) is 3.42. The highest BCUT2D eigenvalue weighted by Gasteiger charge is 2.30. The van der Waals surface area contributed by atoms with Crippen molar-refractivity contribution < 1.29 is 38.2 Å². The normalized spacial score (nSPS) is 12.9. The maximum absolute atomic E-state index is 12.4. The molecule has 0 saturated heterocycles. The van der Waals surface area contributed by atoms with Gasteiger partial charge in [0.05, 0.1) is 72.0 Å². The van der Waals surface area contributed by atoms with Gasteiger partial charge in [0.1, 0.15) is 35.4 Å². The van der Waals surface area contributed by atoms with E-state index in [4.69, 9.17) is 9.47 Å². The van der Waals surface area contributed by atoms with E-state index in [2.05, 4.69) is 113 Å². The summed E-state index contributed by atoms with van der Waals surface area (Å²) in [4.78, 5) is 94.3. The van der Waals surface area contributed by atoms with Gasteiger partial charge in [-0.1, -0.05) is 37.9 Å². The summed E-state index contributed by atoms with van der Waals surface area (Å²) in [5, 5.41) is 41.0. The van der Waals surface area contributed by atoms with Crippen molar-refractivity contribution in [2.45, 2.75) is 38.5 Å². The molecule has 3 aliphatic heterocycles. The van der Waals surface area contributed by atoms with Gasteiger partial charge >= 0.3 is 0 Å². The number of hydrogen-bond donors (Lipinski definition) is 11. The Bertz CT molecular complexity index is 4390. The van der Waals surface area contributed by atoms with Gasteiger partial charge in [0, 0.05) is 78.5 Å². The SMILES string of the molecule is C=CC(=O)Nc1cccc(Nc2cc3c(c(Nc4ccc(OCCOC)cc4)n2)C(=O)NC3)c1.C=CC(=O)Nc1cccc(Nc2nc3c(c(-c4cnn(C)c4)n2)C(=O)NC3)c1.C=CC(=O)Nc1cccc(Nc2nc3c(c(Nc4cnn(C5CC5)c4)n2)C(=O)NC3)c1. The molecular weight excluding hydrogens is 1190 g/mol. The minimum atomic E-state index is -0.297. The van der Waals surface area contributed by atoms with Crippen LogP contribution in [0.2, 0.25) is 0 Å². The van der Waals surface area contributed by atoms with Crippen LogP contribution in [0.4, 0.5) is 74.8 Å². The molecule has 28 nitrogen and oxygen atoms in total. The molecule has 5 aromatic heterocycles. The Morgan fingerprint density at radius 2 is 1.08 bits per heavy atom. The molecule has 13 rings (SSSR count). The number of aromatic nitrogens is 9. The van der Waals surface area contributed by atoms with E-state index in [0.29, 0.717) is 130 Å². The molecule has 0 radical (unpaired) electrons. The number of carbonyl (C=O) groups excluding carboxylic acids is 6. The van der Waals surface area contributed by atoms with E-state index in [9.17, 15) is 28.8 Å². The fourth-order valence-electron chi connectivity index (χ4n) is 9.72. The van der Waals surface area contributed by atoms with Crippen LogP contribution in [0.1, 0.15) is 66.9 Å². The lowest BCUT2D eigenvalue weighted by molar-refractivity contribution is -0.112. The number of benzene rings is 4. The van der Waals surface area contributed by atoms with E-state index < -0.39 is 0 Å². The lowest BCUT2D eigenvalue weighted by atomic mass is 10.1. The maximum atomic E-state index is 12.4. The van der Waals surface area contributed by atoms with Gasteiger partial charge in [-0.15, -0.1) is 0 Å². The van der Waals surface area contributed by atoms with Gasteiger partial charge in [-0.05, 0) is 122 Å². The van der Waals surface area contributed by atoms with Gasteiger partial charge in [0.15, 0.2) is 0 Å². The highest BCUT2D eigenvalue weighted by Crippen LogP contribution is 2.36. The Hall–Kier alpha value is -12.6. The van der Waals surface area contributed by atoms with Crippen LogP contribution in [0.5, 0.6) is 5.75 Å². The summed E-state index contributed by atoms with van der Waals surface area (Å²) >= 11 is 0. The van der Waals surface area contributed by atoms with Gasteiger partial charge in [0.2, 0.25) is 29.6 Å². The molecule has 28 heteroatoms. The van der Waals surface area contributed by atoms with Crippen LogP contribution in [0.3, 0.4) is 0 Å². The van der Waals surface area contributed by atoms with E-state index in [1.807, 2.05) is 65.5 Å². The summed E-state index contributed by atoms with van der Waals surface area (Å²) in [6.07, 6.45) is 13.0. The molecule has 1 aliphatic carbocycles. The summed E-state index contributed by atoms with van der Waals surface area (Å²) in [5.41, 5.74) is 10.2. The largest absolute Gasteiger partial charge is 0.491 e. The number of rotatable bonds is 22. The lowest BCUT2D eigenvalue weighted by Gasteiger charge is -2.14. The number of fused-ring (bicyclic) bond motifs is 3. The number of amides is 6. The zero-order chi connectivity index (χ0) is 65.0. The minimum Gasteiger partial charge on any atom is -0.491 e. The van der Waals surface area contributed by atoms with E-state index in [1.54, 1.807) is 86.0 Å². The Balaban J connectivity index is 0.000000143. The third-order valence-corrected chi connectivity index (χ3v) is 14.2. The van der Waals surface area contributed by atoms with Crippen LogP contribution in [0.15, 0.2) is 166 Å². The van der Waals surface area contributed by atoms with Crippen LogP contribution < -0.4 is 63.2 Å². The molecule has 4 aliphatic rings. The molecule has 8 heterocycles. The number of hydrogen-bond acceptors (Lipinski definition) is 20. The second kappa shape index (κ2) is 28.3. The third-order valence-electron chi connectivity index (χ3n) is 14.2. The topological polar surface area (TPSA) is 353 Å². The number of methoxy groups -OCH3 is 1. The molecule has 93 heavy (non-hydrogen) atoms. The average Bonchev–Trinajstić information content (AvgIpc) is 1.76. The van der Waals surface area contributed by atoms with Crippen LogP contribution in [0.25, 0.3) is 11.3 Å². The fraction of sp³-hybridized carbons (Fsp3) is 0.154. The first-order valence-corrected chi connectivity index (χ1v) is 29.1. The number of carbonyl (C=O) groups is 6. The molecule has 11 N–H and O–H groups in total. The molecule has 0 unspecified atom stereocenters. The molecule has 9 aromatic rings. The summed E-state index contributed by atoms with van der Waals surface area (Å²) in [5.74, 6) is 1.34. The first kappa shape index (κ1) is 62.0. The number of nitrogens with one attached hydrogen (secondary N) is 11. The van der Waals surface area contributed by atoms with Gasteiger partial charge in [-0.3, -0.25) is 38.1 Å². The highest BCUT2D eigenvalue weighted by atomic mass is 16.5. The van der Waals surface area contributed by atoms with Crippen LogP contribution in [-0.4, -0.2) is 100 Å². The van der Waals surface area contributed by atoms with Gasteiger partial charge in [0.25, 0.3) is 17.7 Å². The van der Waals surface area contributed by atoms with Crippen molar-refractivity contribution in [3.05, 3.63) is 200 Å². The molecule has 0 spiro atoms. The Morgan fingerprint density at radius 3 is 1.65 bits per heavy atom. The first-order chi connectivity index (χ1) is 45.2. The molecule has 0 bridgehead atoms. The summed E-state index contributed by atoms with van der Waals surface area (Å²) in [6, 6.07) is 31.2. The number of pyridine rings is 1. The van der Waals surface area contributed by atoms with Gasteiger partial charge in [-0.25, -0.2) is 19.9 Å². The molecular formula is C65H62N20O8. The van der Waals surface area contributed by atoms with Gasteiger partial charge in [-0.2, -0.15) is 15.2 Å². The highest BCUT2D eigenvalue weighted by molar-refractivity contribution is 6.06. The molecule has 470 valence electrons. The molecule has 4 aromatic carbocycles. The fourth-order valence-corrected chi connectivity index (χ4v) is 9.72. The standard InChI is InChI=1S/C25H25N5O4.C21H20N8O2.C19H17N7O2/c1-3-22(31)28-19-6-4-5-18(14-19)27-21-13-16-15-26-25(32)23(16)24(30-21)29-17-7-9-20(10-8-17)34-12-11-33-2;1-2-17(30)24-12-4-3-5-13(8-12)26-21-27-16-10-22-20(31)18(16)19(28-21)25-14-9-23-29(11-14)15-6-7-15;1-3-15(27)22-12-5-4-6-13(7-12)23-19-24-14-9-20-18(28)16(14)17(25-19)11-8-21-26(2)10-11/h3-10,13-14H,1,11-12,15H2,2H3,(H,26,32)(H,28,31)(H2,27,29,30);2-5,8-9,11,15H,1,6-7,10H2,(H,22,31)(H,24,30)(H2,25,26,27,28);3-8,10H,1,9H2,2H3,(H,20,28)(H,22,27)(H,23,24,25). The van der Waals surface area contributed by atoms with Gasteiger partial charge < -0.3 is 68.0 Å². The van der Waals surface area contributed by atoms with Crippen LogP contribution in [-0.2, 0) is 45.8 Å². The zero-order valence-electron chi connectivity index (χ0n) is 50.3. The van der Waals surface area contributed by atoms with E-state index in [-0.39, 0.29) is 35.4 Å². The molecule has 1 fully saturated rings. The van der Waals surface area contributed by atoms with Crippen LogP contribution in [0, 0.1) is 0 Å². The zero-order valence-corrected chi connectivity index (χ0v) is 50.3. The van der Waals surface area contributed by atoms with Crippen molar-refractivity contribution in [3.8, 4) is 17.0 Å². The maximum Gasteiger partial charge on any atom is 0.257 e. The lowest BCUT2D eigenvalue weighted by Crippen LogP contribution is -2.14. The first-order valence-electron chi connectivity index (χ1n) is 29.1. The smallest absolute Gasteiger partial charge is 0.257 e. The van der Waals surface area contributed by atoms with Crippen molar-refractivity contribution in [1.82, 2.24) is 60.4 Å².